The first-order chi connectivity index (χ1) is 9.36. The van der Waals surface area contributed by atoms with Crippen LogP contribution in [0.1, 0.15) is 19.3 Å². The Labute approximate surface area is 123 Å². The number of anilines is 1. The second-order valence-corrected chi connectivity index (χ2v) is 7.38. The van der Waals surface area contributed by atoms with Gasteiger partial charge in [-0.05, 0) is 37.6 Å². The molecule has 1 amide bonds. The highest BCUT2D eigenvalue weighted by atomic mass is 35.5. The van der Waals surface area contributed by atoms with Crippen molar-refractivity contribution < 1.29 is 13.2 Å². The lowest BCUT2D eigenvalue weighted by Crippen LogP contribution is -2.27. The van der Waals surface area contributed by atoms with Crippen LogP contribution >= 0.6 is 11.6 Å². The van der Waals surface area contributed by atoms with Gasteiger partial charge in [-0.3, -0.25) is 4.79 Å². The first kappa shape index (κ1) is 15.3. The summed E-state index contributed by atoms with van der Waals surface area (Å²) >= 11 is 5.98. The van der Waals surface area contributed by atoms with E-state index >= 15 is 0 Å². The highest BCUT2D eigenvalue weighted by Gasteiger charge is 2.18. The van der Waals surface area contributed by atoms with Gasteiger partial charge in [-0.2, -0.15) is 0 Å². The minimum Gasteiger partial charge on any atom is -0.325 e. The van der Waals surface area contributed by atoms with Crippen molar-refractivity contribution in [1.82, 2.24) is 5.32 Å². The maximum atomic E-state index is 11.9. The molecule has 1 aromatic rings. The highest BCUT2D eigenvalue weighted by molar-refractivity contribution is 7.90. The maximum Gasteiger partial charge on any atom is 0.225 e. The van der Waals surface area contributed by atoms with Gasteiger partial charge in [0.05, 0.1) is 15.6 Å². The number of nitrogens with one attached hydrogen (secondary N) is 2. The van der Waals surface area contributed by atoms with Gasteiger partial charge in [0.15, 0.2) is 9.84 Å². The average Bonchev–Trinajstić information content (AvgIpc) is 2.83. The molecule has 0 radical (unpaired) electrons. The lowest BCUT2D eigenvalue weighted by Gasteiger charge is -2.12. The number of carbonyl (C=O) groups excluding carboxylic acids is 1. The highest BCUT2D eigenvalue weighted by Crippen LogP contribution is 2.25. The van der Waals surface area contributed by atoms with Gasteiger partial charge in [0.2, 0.25) is 5.91 Å². The van der Waals surface area contributed by atoms with Gasteiger partial charge in [-0.1, -0.05) is 11.6 Å². The molecular weight excluding hydrogens is 300 g/mol. The van der Waals surface area contributed by atoms with E-state index in [0.29, 0.717) is 17.1 Å². The molecule has 1 unspecified atom stereocenters. The Hall–Kier alpha value is -1.11. The van der Waals surface area contributed by atoms with Crippen LogP contribution < -0.4 is 10.6 Å². The fourth-order valence-corrected chi connectivity index (χ4v) is 3.00. The van der Waals surface area contributed by atoms with Gasteiger partial charge in [-0.15, -0.1) is 0 Å². The molecule has 110 valence electrons. The maximum absolute atomic E-state index is 11.9. The molecule has 0 aliphatic carbocycles. The van der Waals surface area contributed by atoms with Gasteiger partial charge in [0, 0.05) is 18.7 Å². The van der Waals surface area contributed by atoms with E-state index in [-0.39, 0.29) is 16.8 Å². The van der Waals surface area contributed by atoms with Crippen molar-refractivity contribution in [2.75, 3.05) is 18.1 Å². The van der Waals surface area contributed by atoms with Gasteiger partial charge in [-0.25, -0.2) is 8.42 Å². The van der Waals surface area contributed by atoms with Crippen LogP contribution in [0.25, 0.3) is 0 Å². The Kier molecular flexibility index (Phi) is 4.67. The Morgan fingerprint density at radius 1 is 1.50 bits per heavy atom. The van der Waals surface area contributed by atoms with Crippen LogP contribution in [0.2, 0.25) is 5.02 Å². The first-order valence-corrected chi connectivity index (χ1v) is 8.66. The van der Waals surface area contributed by atoms with E-state index in [0.717, 1.165) is 25.6 Å². The zero-order chi connectivity index (χ0) is 14.8. The van der Waals surface area contributed by atoms with Gasteiger partial charge in [0.1, 0.15) is 0 Å². The Bertz CT molecular complexity index is 610. The third-order valence-electron chi connectivity index (χ3n) is 3.23. The second kappa shape index (κ2) is 6.11. The molecule has 1 atom stereocenters. The molecule has 0 spiro atoms. The fourth-order valence-electron chi connectivity index (χ4n) is 2.19. The second-order valence-electron chi connectivity index (χ2n) is 4.96. The standard InChI is InChI=1S/C13H17ClN2O3S/c1-20(18,19)10-4-5-11(14)12(8-10)16-13(17)7-9-3-2-6-15-9/h4-5,8-9,15H,2-3,6-7H2,1H3,(H,16,17). The number of amides is 1. The van der Waals surface area contributed by atoms with Gasteiger partial charge < -0.3 is 10.6 Å². The summed E-state index contributed by atoms with van der Waals surface area (Å²) < 4.78 is 23.0. The summed E-state index contributed by atoms with van der Waals surface area (Å²) in [7, 11) is -3.32. The van der Waals surface area contributed by atoms with Crippen molar-refractivity contribution in [2.45, 2.75) is 30.2 Å². The summed E-state index contributed by atoms with van der Waals surface area (Å²) in [5, 5.41) is 6.23. The number of hydrogen-bond acceptors (Lipinski definition) is 4. The molecule has 1 saturated heterocycles. The minimum absolute atomic E-state index is 0.135. The van der Waals surface area contributed by atoms with E-state index in [2.05, 4.69) is 10.6 Å². The van der Waals surface area contributed by atoms with Crippen molar-refractivity contribution >= 4 is 33.0 Å². The number of carbonyl (C=O) groups is 1. The van der Waals surface area contributed by atoms with Crippen molar-refractivity contribution in [2.24, 2.45) is 0 Å². The molecule has 1 fully saturated rings. The number of benzene rings is 1. The lowest BCUT2D eigenvalue weighted by atomic mass is 10.1. The topological polar surface area (TPSA) is 75.3 Å². The van der Waals surface area contributed by atoms with Crippen LogP contribution in [-0.4, -0.2) is 33.2 Å². The van der Waals surface area contributed by atoms with Crippen LogP contribution in [-0.2, 0) is 14.6 Å². The van der Waals surface area contributed by atoms with Crippen molar-refractivity contribution in [1.29, 1.82) is 0 Å². The number of sulfone groups is 1. The molecule has 0 aromatic heterocycles. The van der Waals surface area contributed by atoms with E-state index in [9.17, 15) is 13.2 Å². The van der Waals surface area contributed by atoms with Crippen LogP contribution in [0.3, 0.4) is 0 Å². The average molecular weight is 317 g/mol. The molecule has 5 nitrogen and oxygen atoms in total. The van der Waals surface area contributed by atoms with Gasteiger partial charge >= 0.3 is 0 Å². The summed E-state index contributed by atoms with van der Waals surface area (Å²) in [6.45, 7) is 0.933. The first-order valence-electron chi connectivity index (χ1n) is 6.39. The van der Waals surface area contributed by atoms with E-state index < -0.39 is 9.84 Å². The summed E-state index contributed by atoms with van der Waals surface area (Å²) in [4.78, 5) is 12.1. The quantitative estimate of drug-likeness (QED) is 0.888. The predicted molar refractivity (Wildman–Crippen MR) is 78.8 cm³/mol. The smallest absolute Gasteiger partial charge is 0.225 e. The summed E-state index contributed by atoms with van der Waals surface area (Å²) in [5.74, 6) is -0.169. The molecule has 20 heavy (non-hydrogen) atoms. The van der Waals surface area contributed by atoms with E-state index in [1.807, 2.05) is 0 Å². The SMILES string of the molecule is CS(=O)(=O)c1ccc(Cl)c(NC(=O)CC2CCCN2)c1. The molecular formula is C13H17ClN2O3S. The van der Waals surface area contributed by atoms with E-state index in [1.54, 1.807) is 0 Å². The number of halogens is 1. The molecule has 2 rings (SSSR count). The zero-order valence-corrected chi connectivity index (χ0v) is 12.7. The van der Waals surface area contributed by atoms with Crippen molar-refractivity contribution in [3.05, 3.63) is 23.2 Å². The third kappa shape index (κ3) is 3.94. The molecule has 1 heterocycles. The normalized spacial score (nSPS) is 19.0. The molecule has 1 aliphatic rings. The van der Waals surface area contributed by atoms with E-state index in [1.165, 1.54) is 18.2 Å². The summed E-state index contributed by atoms with van der Waals surface area (Å²) in [6, 6.07) is 4.47. The fraction of sp³-hybridized carbons (Fsp3) is 0.462. The molecule has 7 heteroatoms. The van der Waals surface area contributed by atoms with Crippen LogP contribution in [0.15, 0.2) is 23.1 Å². The largest absolute Gasteiger partial charge is 0.325 e. The molecule has 2 N–H and O–H groups in total. The summed E-state index contributed by atoms with van der Waals surface area (Å²) in [6.07, 6.45) is 3.52. The predicted octanol–water partition coefficient (Wildman–Crippen LogP) is 1.82. The van der Waals surface area contributed by atoms with Gasteiger partial charge in [0.25, 0.3) is 0 Å². The molecule has 0 saturated carbocycles. The molecule has 0 bridgehead atoms. The number of hydrogen-bond donors (Lipinski definition) is 2. The Morgan fingerprint density at radius 3 is 2.85 bits per heavy atom. The van der Waals surface area contributed by atoms with Crippen LogP contribution in [0, 0.1) is 0 Å². The van der Waals surface area contributed by atoms with Crippen LogP contribution in [0.5, 0.6) is 0 Å². The van der Waals surface area contributed by atoms with Crippen molar-refractivity contribution in [3.8, 4) is 0 Å². The van der Waals surface area contributed by atoms with Crippen LogP contribution in [0.4, 0.5) is 5.69 Å². The van der Waals surface area contributed by atoms with E-state index in [4.69, 9.17) is 11.6 Å². The monoisotopic (exact) mass is 316 g/mol. The lowest BCUT2D eigenvalue weighted by molar-refractivity contribution is -0.116. The Morgan fingerprint density at radius 2 is 2.25 bits per heavy atom. The molecule has 1 aliphatic heterocycles. The summed E-state index contributed by atoms with van der Waals surface area (Å²) in [5.41, 5.74) is 0.331. The molecule has 1 aromatic carbocycles. The Balaban J connectivity index is 2.09. The number of rotatable bonds is 4. The third-order valence-corrected chi connectivity index (χ3v) is 4.67. The van der Waals surface area contributed by atoms with Crippen molar-refractivity contribution in [3.63, 3.8) is 0 Å². The minimum atomic E-state index is -3.32. The zero-order valence-electron chi connectivity index (χ0n) is 11.1.